The van der Waals surface area contributed by atoms with E-state index in [9.17, 15) is 14.3 Å². The van der Waals surface area contributed by atoms with Gasteiger partial charge in [0.15, 0.2) is 5.76 Å². The molecule has 3 aromatic rings. The molecule has 4 rings (SSSR count). The summed E-state index contributed by atoms with van der Waals surface area (Å²) in [6.45, 7) is 4.33. The minimum absolute atomic E-state index is 0.0671. The van der Waals surface area contributed by atoms with Gasteiger partial charge in [-0.3, -0.25) is 10.1 Å². The molecule has 2 heterocycles. The maximum absolute atomic E-state index is 13.3. The first kappa shape index (κ1) is 21.0. The van der Waals surface area contributed by atoms with Gasteiger partial charge in [0.05, 0.1) is 22.6 Å². The smallest absolute Gasteiger partial charge is 0.269 e. The van der Waals surface area contributed by atoms with E-state index in [2.05, 4.69) is 10.1 Å². The number of benzene rings is 2. The molecule has 162 valence electrons. The van der Waals surface area contributed by atoms with Gasteiger partial charge in [-0.05, 0) is 37.3 Å². The number of piperazine rings is 1. The van der Waals surface area contributed by atoms with Gasteiger partial charge in [-0.15, -0.1) is 0 Å². The Morgan fingerprint density at radius 2 is 1.81 bits per heavy atom. The van der Waals surface area contributed by atoms with E-state index in [1.165, 1.54) is 12.1 Å². The van der Waals surface area contributed by atoms with E-state index < -0.39 is 15.9 Å². The SMILES string of the molecule is COc1ccc(-c2cc(C)no2)cc1S(=O)N1CCN(c2ccc([N+](=O)[O-])cc2)CC1. The minimum atomic E-state index is -1.41. The number of anilines is 1. The van der Waals surface area contributed by atoms with Crippen LogP contribution < -0.4 is 9.64 Å². The second kappa shape index (κ2) is 8.86. The fourth-order valence-electron chi connectivity index (χ4n) is 3.50. The highest BCUT2D eigenvalue weighted by Crippen LogP contribution is 2.31. The molecule has 0 bridgehead atoms. The van der Waals surface area contributed by atoms with Crippen LogP contribution in [0.4, 0.5) is 11.4 Å². The Hall–Kier alpha value is -3.24. The maximum atomic E-state index is 13.3. The number of nitro benzene ring substituents is 1. The molecule has 0 saturated carbocycles. The van der Waals surface area contributed by atoms with Crippen molar-refractivity contribution in [2.45, 2.75) is 11.8 Å². The van der Waals surface area contributed by atoms with E-state index in [-0.39, 0.29) is 5.69 Å². The predicted molar refractivity (Wildman–Crippen MR) is 117 cm³/mol. The number of nitro groups is 1. The molecule has 2 aromatic carbocycles. The maximum Gasteiger partial charge on any atom is 0.269 e. The number of aryl methyl sites for hydroxylation is 1. The first-order valence-electron chi connectivity index (χ1n) is 9.74. The summed E-state index contributed by atoms with van der Waals surface area (Å²) >= 11 is 0. The highest BCUT2D eigenvalue weighted by atomic mass is 32.2. The number of non-ortho nitro benzene ring substituents is 1. The fourth-order valence-corrected chi connectivity index (χ4v) is 4.83. The molecule has 0 amide bonds. The van der Waals surface area contributed by atoms with Crippen LogP contribution in [0.2, 0.25) is 0 Å². The molecule has 0 N–H and O–H groups in total. The molecule has 1 saturated heterocycles. The third-order valence-corrected chi connectivity index (χ3v) is 6.69. The number of rotatable bonds is 6. The Balaban J connectivity index is 1.48. The molecule has 9 nitrogen and oxygen atoms in total. The van der Waals surface area contributed by atoms with Crippen molar-refractivity contribution in [2.24, 2.45) is 0 Å². The zero-order valence-electron chi connectivity index (χ0n) is 17.2. The van der Waals surface area contributed by atoms with Crippen molar-refractivity contribution in [3.8, 4) is 17.1 Å². The molecule has 1 aliphatic rings. The van der Waals surface area contributed by atoms with Crippen LogP contribution in [0.15, 0.2) is 57.9 Å². The molecule has 1 unspecified atom stereocenters. The Morgan fingerprint density at radius 3 is 2.39 bits per heavy atom. The van der Waals surface area contributed by atoms with E-state index in [1.54, 1.807) is 25.3 Å². The van der Waals surface area contributed by atoms with Crippen molar-refractivity contribution in [2.75, 3.05) is 38.2 Å². The van der Waals surface area contributed by atoms with Gasteiger partial charge in [0.2, 0.25) is 0 Å². The van der Waals surface area contributed by atoms with Crippen LogP contribution in [0, 0.1) is 17.0 Å². The number of hydrogen-bond donors (Lipinski definition) is 0. The van der Waals surface area contributed by atoms with Crippen molar-refractivity contribution >= 4 is 22.4 Å². The summed E-state index contributed by atoms with van der Waals surface area (Å²) in [6.07, 6.45) is 0. The lowest BCUT2D eigenvalue weighted by Gasteiger charge is -2.35. The molecular formula is C21H22N4O5S. The highest BCUT2D eigenvalue weighted by molar-refractivity contribution is 7.82. The van der Waals surface area contributed by atoms with Gasteiger partial charge in [0, 0.05) is 55.6 Å². The van der Waals surface area contributed by atoms with Gasteiger partial charge in [0.1, 0.15) is 16.7 Å². The Bertz CT molecular complexity index is 1110. The molecule has 0 aliphatic carbocycles. The summed E-state index contributed by atoms with van der Waals surface area (Å²) in [5.74, 6) is 1.16. The lowest BCUT2D eigenvalue weighted by atomic mass is 10.1. The van der Waals surface area contributed by atoms with Crippen molar-refractivity contribution in [3.05, 3.63) is 64.3 Å². The zero-order valence-corrected chi connectivity index (χ0v) is 18.0. The van der Waals surface area contributed by atoms with Gasteiger partial charge in [-0.2, -0.15) is 0 Å². The second-order valence-electron chi connectivity index (χ2n) is 7.14. The average molecular weight is 442 g/mol. The predicted octanol–water partition coefficient (Wildman–Crippen LogP) is 3.41. The van der Waals surface area contributed by atoms with E-state index >= 15 is 0 Å². The lowest BCUT2D eigenvalue weighted by Crippen LogP contribution is -2.47. The van der Waals surface area contributed by atoms with Gasteiger partial charge in [-0.25, -0.2) is 8.51 Å². The van der Waals surface area contributed by atoms with E-state index in [0.29, 0.717) is 42.6 Å². The Kier molecular flexibility index (Phi) is 6.01. The summed E-state index contributed by atoms with van der Waals surface area (Å²) in [7, 11) is 0.147. The standard InChI is InChI=1S/C21H22N4O5S/c1-15-13-20(30-22-15)16-3-8-19(29-2)21(14-16)31(28)24-11-9-23(10-12-24)17-4-6-18(7-5-17)25(26)27/h3-8,13-14H,9-12H2,1-2H3. The van der Waals surface area contributed by atoms with Crippen LogP contribution in [-0.4, -0.2) is 51.9 Å². The zero-order chi connectivity index (χ0) is 22.0. The van der Waals surface area contributed by atoms with Crippen LogP contribution in [0.3, 0.4) is 0 Å². The van der Waals surface area contributed by atoms with Crippen molar-refractivity contribution < 1.29 is 18.4 Å². The summed E-state index contributed by atoms with van der Waals surface area (Å²) < 4.78 is 26.0. The third kappa shape index (κ3) is 4.44. The first-order valence-corrected chi connectivity index (χ1v) is 10.8. The lowest BCUT2D eigenvalue weighted by molar-refractivity contribution is -0.384. The average Bonchev–Trinajstić information content (AvgIpc) is 3.24. The van der Waals surface area contributed by atoms with Crippen LogP contribution >= 0.6 is 0 Å². The molecule has 31 heavy (non-hydrogen) atoms. The van der Waals surface area contributed by atoms with Crippen LogP contribution in [-0.2, 0) is 11.0 Å². The van der Waals surface area contributed by atoms with Crippen molar-refractivity contribution in [1.82, 2.24) is 9.46 Å². The summed E-state index contributed by atoms with van der Waals surface area (Å²) in [6, 6.07) is 13.8. The number of methoxy groups -OCH3 is 1. The van der Waals surface area contributed by atoms with E-state index in [4.69, 9.17) is 9.26 Å². The molecule has 10 heteroatoms. The minimum Gasteiger partial charge on any atom is -0.495 e. The summed E-state index contributed by atoms with van der Waals surface area (Å²) in [5, 5.41) is 14.8. The van der Waals surface area contributed by atoms with Gasteiger partial charge >= 0.3 is 0 Å². The van der Waals surface area contributed by atoms with Gasteiger partial charge < -0.3 is 14.2 Å². The molecule has 0 spiro atoms. The number of hydrogen-bond acceptors (Lipinski definition) is 7. The fraction of sp³-hybridized carbons (Fsp3) is 0.286. The normalized spacial score (nSPS) is 15.6. The molecule has 0 radical (unpaired) electrons. The molecule has 1 aliphatic heterocycles. The van der Waals surface area contributed by atoms with Crippen molar-refractivity contribution in [3.63, 3.8) is 0 Å². The van der Waals surface area contributed by atoms with Crippen LogP contribution in [0.25, 0.3) is 11.3 Å². The number of ether oxygens (including phenoxy) is 1. The molecule has 1 fully saturated rings. The molecule has 1 atom stereocenters. The topological polar surface area (TPSA) is 102 Å². The quantitative estimate of drug-likeness (QED) is 0.426. The highest BCUT2D eigenvalue weighted by Gasteiger charge is 2.25. The van der Waals surface area contributed by atoms with Crippen LogP contribution in [0.5, 0.6) is 5.75 Å². The molecule has 1 aromatic heterocycles. The van der Waals surface area contributed by atoms with E-state index in [0.717, 1.165) is 16.9 Å². The van der Waals surface area contributed by atoms with E-state index in [1.807, 2.05) is 29.4 Å². The van der Waals surface area contributed by atoms with Gasteiger partial charge in [-0.1, -0.05) is 5.16 Å². The largest absolute Gasteiger partial charge is 0.495 e. The summed E-state index contributed by atoms with van der Waals surface area (Å²) in [4.78, 5) is 13.1. The first-order chi connectivity index (χ1) is 15.0. The van der Waals surface area contributed by atoms with Gasteiger partial charge in [0.25, 0.3) is 5.69 Å². The Morgan fingerprint density at radius 1 is 1.10 bits per heavy atom. The van der Waals surface area contributed by atoms with Crippen LogP contribution in [0.1, 0.15) is 5.69 Å². The number of nitrogens with zero attached hydrogens (tertiary/aromatic N) is 4. The molecular weight excluding hydrogens is 420 g/mol. The second-order valence-corrected chi connectivity index (χ2v) is 8.59. The summed E-state index contributed by atoms with van der Waals surface area (Å²) in [5.41, 5.74) is 2.54. The Labute approximate surface area is 181 Å². The monoisotopic (exact) mass is 442 g/mol. The van der Waals surface area contributed by atoms with Crippen molar-refractivity contribution in [1.29, 1.82) is 0 Å². The number of aromatic nitrogens is 1. The third-order valence-electron chi connectivity index (χ3n) is 5.16.